The third-order valence-electron chi connectivity index (χ3n) is 2.83. The van der Waals surface area contributed by atoms with Crippen LogP contribution in [-0.4, -0.2) is 21.6 Å². The number of hydrogen-bond donors (Lipinski definition) is 2. The summed E-state index contributed by atoms with van der Waals surface area (Å²) in [5, 5.41) is 12.6. The summed E-state index contributed by atoms with van der Waals surface area (Å²) >= 11 is 0. The Morgan fingerprint density at radius 2 is 2.00 bits per heavy atom. The summed E-state index contributed by atoms with van der Waals surface area (Å²) in [6.45, 7) is 2.93. The van der Waals surface area contributed by atoms with Crippen LogP contribution in [0.5, 0.6) is 5.75 Å². The predicted molar refractivity (Wildman–Crippen MR) is 70.3 cm³/mol. The highest BCUT2D eigenvalue weighted by atomic mass is 16.3. The Morgan fingerprint density at radius 3 is 2.67 bits per heavy atom. The first-order valence-electron chi connectivity index (χ1n) is 6.03. The number of phenolic OH excluding ortho intramolecular Hbond substituents is 1. The molecule has 0 aliphatic carbocycles. The van der Waals surface area contributed by atoms with Crippen molar-refractivity contribution >= 4 is 0 Å². The van der Waals surface area contributed by atoms with Gasteiger partial charge in [0.05, 0.1) is 5.69 Å². The van der Waals surface area contributed by atoms with Crippen LogP contribution < -0.4 is 5.32 Å². The summed E-state index contributed by atoms with van der Waals surface area (Å²) in [6.07, 6.45) is 6.07. The van der Waals surface area contributed by atoms with Gasteiger partial charge < -0.3 is 10.4 Å². The lowest BCUT2D eigenvalue weighted by molar-refractivity contribution is 0.475. The van der Waals surface area contributed by atoms with Crippen molar-refractivity contribution in [1.29, 1.82) is 0 Å². The Bertz CT molecular complexity index is 470. The van der Waals surface area contributed by atoms with Gasteiger partial charge in [0.1, 0.15) is 5.75 Å². The Hall–Kier alpha value is -1.94. The van der Waals surface area contributed by atoms with E-state index in [1.54, 1.807) is 30.7 Å². The molecule has 2 rings (SSSR count). The van der Waals surface area contributed by atoms with Gasteiger partial charge in [-0.05, 0) is 37.6 Å². The molecular formula is C14H17N3O. The smallest absolute Gasteiger partial charge is 0.115 e. The molecule has 94 valence electrons. The number of rotatable bonds is 5. The van der Waals surface area contributed by atoms with Crippen molar-refractivity contribution in [2.75, 3.05) is 6.54 Å². The van der Waals surface area contributed by atoms with E-state index in [1.807, 2.05) is 12.1 Å². The molecule has 0 spiro atoms. The maximum Gasteiger partial charge on any atom is 0.115 e. The average molecular weight is 243 g/mol. The molecule has 1 heterocycles. The molecule has 4 nitrogen and oxygen atoms in total. The molecule has 0 aliphatic rings. The first kappa shape index (κ1) is 12.5. The lowest BCUT2D eigenvalue weighted by atomic mass is 10.1. The molecule has 18 heavy (non-hydrogen) atoms. The van der Waals surface area contributed by atoms with E-state index in [9.17, 15) is 5.11 Å². The van der Waals surface area contributed by atoms with Crippen molar-refractivity contribution in [2.45, 2.75) is 19.4 Å². The number of nitrogens with one attached hydrogen (secondary N) is 1. The van der Waals surface area contributed by atoms with E-state index in [0.717, 1.165) is 18.7 Å². The lowest BCUT2D eigenvalue weighted by Crippen LogP contribution is -2.22. The SMILES string of the molecule is CC(NCCc1ccc(O)cc1)c1cnccn1. The summed E-state index contributed by atoms with van der Waals surface area (Å²) in [4.78, 5) is 8.31. The molecule has 0 aliphatic heterocycles. The second-order valence-corrected chi connectivity index (χ2v) is 4.22. The topological polar surface area (TPSA) is 58.0 Å². The van der Waals surface area contributed by atoms with Crippen LogP contribution in [0.25, 0.3) is 0 Å². The molecule has 0 amide bonds. The Balaban J connectivity index is 1.80. The van der Waals surface area contributed by atoms with Crippen LogP contribution >= 0.6 is 0 Å². The molecule has 0 saturated carbocycles. The number of nitrogens with zero attached hydrogens (tertiary/aromatic N) is 2. The van der Waals surface area contributed by atoms with Crippen LogP contribution in [-0.2, 0) is 6.42 Å². The number of phenols is 1. The van der Waals surface area contributed by atoms with E-state index in [4.69, 9.17) is 0 Å². The second-order valence-electron chi connectivity index (χ2n) is 4.22. The summed E-state index contributed by atoms with van der Waals surface area (Å²) in [5.74, 6) is 0.305. The highest BCUT2D eigenvalue weighted by Crippen LogP contribution is 2.10. The molecule has 1 unspecified atom stereocenters. The van der Waals surface area contributed by atoms with Gasteiger partial charge in [-0.25, -0.2) is 0 Å². The Kier molecular flexibility index (Phi) is 4.25. The maximum atomic E-state index is 9.19. The van der Waals surface area contributed by atoms with Gasteiger partial charge >= 0.3 is 0 Å². The van der Waals surface area contributed by atoms with Gasteiger partial charge in [0.15, 0.2) is 0 Å². The Labute approximate surface area is 107 Å². The van der Waals surface area contributed by atoms with Gasteiger partial charge in [-0.2, -0.15) is 0 Å². The third-order valence-corrected chi connectivity index (χ3v) is 2.83. The molecular weight excluding hydrogens is 226 g/mol. The number of hydrogen-bond acceptors (Lipinski definition) is 4. The zero-order chi connectivity index (χ0) is 12.8. The van der Waals surface area contributed by atoms with Crippen molar-refractivity contribution in [3.8, 4) is 5.75 Å². The van der Waals surface area contributed by atoms with Crippen molar-refractivity contribution in [2.24, 2.45) is 0 Å². The maximum absolute atomic E-state index is 9.19. The van der Waals surface area contributed by atoms with Gasteiger partial charge in [-0.1, -0.05) is 12.1 Å². The molecule has 1 aromatic heterocycles. The molecule has 0 fully saturated rings. The van der Waals surface area contributed by atoms with E-state index in [1.165, 1.54) is 5.56 Å². The third kappa shape index (κ3) is 3.53. The minimum Gasteiger partial charge on any atom is -0.508 e. The van der Waals surface area contributed by atoms with E-state index in [0.29, 0.717) is 5.75 Å². The molecule has 1 atom stereocenters. The summed E-state index contributed by atoms with van der Waals surface area (Å²) in [5.41, 5.74) is 2.15. The van der Waals surface area contributed by atoms with E-state index >= 15 is 0 Å². The predicted octanol–water partition coefficient (Wildman–Crippen LogP) is 2.08. The summed E-state index contributed by atoms with van der Waals surface area (Å²) in [7, 11) is 0. The number of benzene rings is 1. The monoisotopic (exact) mass is 243 g/mol. The van der Waals surface area contributed by atoms with Crippen LogP contribution in [0.2, 0.25) is 0 Å². The first-order chi connectivity index (χ1) is 8.75. The molecule has 2 N–H and O–H groups in total. The Morgan fingerprint density at radius 1 is 1.22 bits per heavy atom. The lowest BCUT2D eigenvalue weighted by Gasteiger charge is -2.12. The van der Waals surface area contributed by atoms with E-state index < -0.39 is 0 Å². The highest BCUT2D eigenvalue weighted by molar-refractivity contribution is 5.26. The largest absolute Gasteiger partial charge is 0.508 e. The van der Waals surface area contributed by atoms with Crippen molar-refractivity contribution in [3.05, 3.63) is 54.1 Å². The first-order valence-corrected chi connectivity index (χ1v) is 6.03. The van der Waals surface area contributed by atoms with Crippen molar-refractivity contribution < 1.29 is 5.11 Å². The van der Waals surface area contributed by atoms with Crippen LogP contribution in [0.1, 0.15) is 24.2 Å². The van der Waals surface area contributed by atoms with Crippen LogP contribution in [0.15, 0.2) is 42.9 Å². The molecule has 2 aromatic rings. The standard InChI is InChI=1S/C14H17N3O/c1-11(14-10-15-8-9-17-14)16-7-6-12-2-4-13(18)5-3-12/h2-5,8-11,16,18H,6-7H2,1H3. The minimum atomic E-state index is 0.191. The van der Waals surface area contributed by atoms with Crippen LogP contribution in [0.4, 0.5) is 0 Å². The van der Waals surface area contributed by atoms with Gasteiger partial charge in [0.25, 0.3) is 0 Å². The fraction of sp³-hybridized carbons (Fsp3) is 0.286. The number of aromatic nitrogens is 2. The van der Waals surface area contributed by atoms with E-state index in [2.05, 4.69) is 22.2 Å². The molecule has 0 radical (unpaired) electrons. The molecule has 0 saturated heterocycles. The molecule has 1 aromatic carbocycles. The fourth-order valence-electron chi connectivity index (χ4n) is 1.73. The number of aromatic hydroxyl groups is 1. The highest BCUT2D eigenvalue weighted by Gasteiger charge is 2.05. The van der Waals surface area contributed by atoms with Gasteiger partial charge in [0, 0.05) is 24.6 Å². The normalized spacial score (nSPS) is 12.3. The van der Waals surface area contributed by atoms with Crippen molar-refractivity contribution in [1.82, 2.24) is 15.3 Å². The van der Waals surface area contributed by atoms with Crippen molar-refractivity contribution in [3.63, 3.8) is 0 Å². The zero-order valence-corrected chi connectivity index (χ0v) is 10.4. The van der Waals surface area contributed by atoms with E-state index in [-0.39, 0.29) is 6.04 Å². The fourth-order valence-corrected chi connectivity index (χ4v) is 1.73. The van der Waals surface area contributed by atoms with Gasteiger partial charge in [-0.15, -0.1) is 0 Å². The van der Waals surface area contributed by atoms with Gasteiger partial charge in [-0.3, -0.25) is 9.97 Å². The minimum absolute atomic E-state index is 0.191. The van der Waals surface area contributed by atoms with Gasteiger partial charge in [0.2, 0.25) is 0 Å². The summed E-state index contributed by atoms with van der Waals surface area (Å²) < 4.78 is 0. The average Bonchev–Trinajstić information content (AvgIpc) is 2.42. The second kappa shape index (κ2) is 6.12. The van der Waals surface area contributed by atoms with Crippen LogP contribution in [0, 0.1) is 0 Å². The quantitative estimate of drug-likeness (QED) is 0.844. The summed E-state index contributed by atoms with van der Waals surface area (Å²) in [6, 6.07) is 7.48. The molecule has 0 bridgehead atoms. The zero-order valence-electron chi connectivity index (χ0n) is 10.4. The van der Waals surface area contributed by atoms with Crippen LogP contribution in [0.3, 0.4) is 0 Å². The molecule has 4 heteroatoms.